The van der Waals surface area contributed by atoms with Gasteiger partial charge in [0.15, 0.2) is 0 Å². The Balaban J connectivity index is 1.61. The molecule has 3 aromatic heterocycles. The highest BCUT2D eigenvalue weighted by atomic mass is 35.5. The predicted octanol–water partition coefficient (Wildman–Crippen LogP) is 3.26. The highest BCUT2D eigenvalue weighted by Crippen LogP contribution is 2.23. The van der Waals surface area contributed by atoms with Gasteiger partial charge in [0.25, 0.3) is 17.7 Å². The van der Waals surface area contributed by atoms with Crippen LogP contribution in [0.5, 0.6) is 0 Å². The molecule has 176 valence electrons. The highest BCUT2D eigenvalue weighted by Gasteiger charge is 2.17. The Morgan fingerprint density at radius 3 is 2.06 bits per heavy atom. The van der Waals surface area contributed by atoms with Crippen molar-refractivity contribution in [3.05, 3.63) is 57.3 Å². The van der Waals surface area contributed by atoms with Crippen molar-refractivity contribution < 1.29 is 14.4 Å². The highest BCUT2D eigenvalue weighted by molar-refractivity contribution is 7.18. The lowest BCUT2D eigenvalue weighted by molar-refractivity contribution is 0.0942. The smallest absolute Gasteiger partial charge is 0.272 e. The van der Waals surface area contributed by atoms with Crippen LogP contribution < -0.4 is 16.0 Å². The van der Waals surface area contributed by atoms with Crippen molar-refractivity contribution in [3.63, 3.8) is 0 Å². The zero-order valence-electron chi connectivity index (χ0n) is 18.9. The molecule has 0 fully saturated rings. The summed E-state index contributed by atoms with van der Waals surface area (Å²) in [5, 5.41) is 8.45. The summed E-state index contributed by atoms with van der Waals surface area (Å²) < 4.78 is 3.81. The van der Waals surface area contributed by atoms with E-state index in [9.17, 15) is 14.4 Å². The maximum Gasteiger partial charge on any atom is 0.272 e. The second-order valence-electron chi connectivity index (χ2n) is 7.87. The number of rotatable bonds is 9. The molecule has 3 amide bonds. The summed E-state index contributed by atoms with van der Waals surface area (Å²) >= 11 is 7.06. The number of amides is 3. The standard InChI is InChI=1S/C22H27ClN6O3S/c1-27(2)9-5-8-24-20(30)16-10-14(12-28(16)3)25-21(31)17-11-15(13-29(17)4)26-22(32)18-6-7-19(23)33-18/h6-7,10-13H,5,8-9H2,1-4H3,(H,24,30)(H,25,31)(H,26,32). The fraction of sp³-hybridized carbons (Fsp3) is 0.318. The molecule has 0 radical (unpaired) electrons. The minimum Gasteiger partial charge on any atom is -0.351 e. The van der Waals surface area contributed by atoms with Crippen molar-refractivity contribution in [1.82, 2.24) is 19.4 Å². The third kappa shape index (κ3) is 6.47. The molecule has 0 aliphatic heterocycles. The van der Waals surface area contributed by atoms with Crippen LogP contribution >= 0.6 is 22.9 Å². The Bertz CT molecular complexity index is 1160. The van der Waals surface area contributed by atoms with Crippen LogP contribution in [-0.2, 0) is 14.1 Å². The van der Waals surface area contributed by atoms with Gasteiger partial charge in [-0.15, -0.1) is 11.3 Å². The minimum absolute atomic E-state index is 0.200. The summed E-state index contributed by atoms with van der Waals surface area (Å²) in [7, 11) is 7.43. The largest absolute Gasteiger partial charge is 0.351 e. The first-order valence-corrected chi connectivity index (χ1v) is 11.5. The van der Waals surface area contributed by atoms with E-state index in [1.165, 1.54) is 11.3 Å². The summed E-state index contributed by atoms with van der Waals surface area (Å²) in [6, 6.07) is 6.52. The molecule has 0 saturated carbocycles. The van der Waals surface area contributed by atoms with Gasteiger partial charge < -0.3 is 30.0 Å². The lowest BCUT2D eigenvalue weighted by Crippen LogP contribution is -2.28. The monoisotopic (exact) mass is 490 g/mol. The number of halogens is 1. The number of carbonyl (C=O) groups excluding carboxylic acids is 3. The van der Waals surface area contributed by atoms with Gasteiger partial charge in [0.05, 0.1) is 20.6 Å². The molecule has 0 atom stereocenters. The molecule has 3 N–H and O–H groups in total. The van der Waals surface area contributed by atoms with Crippen LogP contribution in [0.25, 0.3) is 0 Å². The molecule has 0 aliphatic rings. The number of aromatic nitrogens is 2. The van der Waals surface area contributed by atoms with Crippen molar-refractivity contribution in [2.45, 2.75) is 6.42 Å². The molecule has 0 spiro atoms. The van der Waals surface area contributed by atoms with Crippen LogP contribution in [0.3, 0.4) is 0 Å². The van der Waals surface area contributed by atoms with Gasteiger partial charge in [-0.3, -0.25) is 14.4 Å². The SMILES string of the molecule is CN(C)CCCNC(=O)c1cc(NC(=O)c2cc(NC(=O)c3ccc(Cl)s3)cn2C)cn1C. The van der Waals surface area contributed by atoms with E-state index in [0.717, 1.165) is 13.0 Å². The summed E-state index contributed by atoms with van der Waals surface area (Å²) in [4.78, 5) is 40.1. The van der Waals surface area contributed by atoms with Gasteiger partial charge in [-0.1, -0.05) is 11.6 Å². The molecule has 3 heterocycles. The maximum atomic E-state index is 12.8. The fourth-order valence-electron chi connectivity index (χ4n) is 3.23. The first-order valence-electron chi connectivity index (χ1n) is 10.3. The molecule has 0 unspecified atom stereocenters. The maximum absolute atomic E-state index is 12.8. The second-order valence-corrected chi connectivity index (χ2v) is 9.59. The van der Waals surface area contributed by atoms with Crippen molar-refractivity contribution >= 4 is 52.0 Å². The molecular formula is C22H27ClN6O3S. The summed E-state index contributed by atoms with van der Waals surface area (Å²) in [5.74, 6) is -0.858. The molecule has 3 aromatic rings. The molecule has 0 saturated heterocycles. The summed E-state index contributed by atoms with van der Waals surface area (Å²) in [6.07, 6.45) is 4.18. The molecule has 0 aliphatic carbocycles. The van der Waals surface area contributed by atoms with Gasteiger partial charge in [-0.25, -0.2) is 0 Å². The van der Waals surface area contributed by atoms with E-state index >= 15 is 0 Å². The number of hydrogen-bond acceptors (Lipinski definition) is 5. The summed E-state index contributed by atoms with van der Waals surface area (Å²) in [6.45, 7) is 1.45. The Kier molecular flexibility index (Phi) is 7.96. The average molecular weight is 491 g/mol. The van der Waals surface area contributed by atoms with Crippen LogP contribution in [0.1, 0.15) is 37.1 Å². The molecule has 33 heavy (non-hydrogen) atoms. The second kappa shape index (κ2) is 10.7. The third-order valence-corrected chi connectivity index (χ3v) is 6.09. The van der Waals surface area contributed by atoms with Crippen molar-refractivity contribution in [1.29, 1.82) is 0 Å². The number of nitrogens with zero attached hydrogens (tertiary/aromatic N) is 3. The van der Waals surface area contributed by atoms with Gasteiger partial charge in [0.2, 0.25) is 0 Å². The van der Waals surface area contributed by atoms with Crippen LogP contribution in [0.4, 0.5) is 11.4 Å². The van der Waals surface area contributed by atoms with Crippen molar-refractivity contribution in [3.8, 4) is 0 Å². The van der Waals surface area contributed by atoms with Crippen molar-refractivity contribution in [2.24, 2.45) is 14.1 Å². The zero-order chi connectivity index (χ0) is 24.1. The van der Waals surface area contributed by atoms with E-state index in [2.05, 4.69) is 20.9 Å². The van der Waals surface area contributed by atoms with Crippen LogP contribution in [0.2, 0.25) is 4.34 Å². The van der Waals surface area contributed by atoms with E-state index in [-0.39, 0.29) is 17.7 Å². The first-order chi connectivity index (χ1) is 15.6. The van der Waals surface area contributed by atoms with E-state index in [1.807, 2.05) is 14.1 Å². The lowest BCUT2D eigenvalue weighted by Gasteiger charge is -2.10. The Labute approximate surface area is 201 Å². The lowest BCUT2D eigenvalue weighted by atomic mass is 10.3. The van der Waals surface area contributed by atoms with E-state index in [0.29, 0.717) is 38.5 Å². The normalized spacial score (nSPS) is 11.0. The minimum atomic E-state index is -0.360. The Morgan fingerprint density at radius 1 is 0.939 bits per heavy atom. The third-order valence-electron chi connectivity index (χ3n) is 4.86. The molecular weight excluding hydrogens is 464 g/mol. The van der Waals surface area contributed by atoms with Crippen molar-refractivity contribution in [2.75, 3.05) is 37.8 Å². The Hall–Kier alpha value is -3.08. The summed E-state index contributed by atoms with van der Waals surface area (Å²) in [5.41, 5.74) is 1.79. The van der Waals surface area contributed by atoms with Gasteiger partial charge >= 0.3 is 0 Å². The average Bonchev–Trinajstić information content (AvgIpc) is 3.43. The molecule has 0 aromatic carbocycles. The number of anilines is 2. The van der Waals surface area contributed by atoms with Gasteiger partial charge in [-0.2, -0.15) is 0 Å². The van der Waals surface area contributed by atoms with Gasteiger partial charge in [0, 0.05) is 33.0 Å². The Morgan fingerprint density at radius 2 is 1.52 bits per heavy atom. The van der Waals surface area contributed by atoms with Gasteiger partial charge in [0.1, 0.15) is 11.4 Å². The molecule has 11 heteroatoms. The number of aryl methyl sites for hydroxylation is 2. The van der Waals surface area contributed by atoms with Gasteiger partial charge in [-0.05, 0) is 51.3 Å². The predicted molar refractivity (Wildman–Crippen MR) is 132 cm³/mol. The number of carbonyl (C=O) groups is 3. The van der Waals surface area contributed by atoms with Crippen LogP contribution in [-0.4, -0.2) is 58.9 Å². The first kappa shape index (κ1) is 24.6. The number of hydrogen-bond donors (Lipinski definition) is 3. The fourth-order valence-corrected chi connectivity index (χ4v) is 4.17. The molecule has 9 nitrogen and oxygen atoms in total. The number of nitrogens with one attached hydrogen (secondary N) is 3. The van der Waals surface area contributed by atoms with E-state index < -0.39 is 0 Å². The van der Waals surface area contributed by atoms with Crippen LogP contribution in [0.15, 0.2) is 36.7 Å². The molecule has 0 bridgehead atoms. The van der Waals surface area contributed by atoms with Crippen LogP contribution in [0, 0.1) is 0 Å². The zero-order valence-corrected chi connectivity index (χ0v) is 20.5. The number of thiophene rings is 1. The quantitative estimate of drug-likeness (QED) is 0.401. The van der Waals surface area contributed by atoms with E-state index in [1.54, 1.807) is 59.9 Å². The van der Waals surface area contributed by atoms with E-state index in [4.69, 9.17) is 11.6 Å². The molecule has 3 rings (SSSR count). The topological polar surface area (TPSA) is 100 Å².